The van der Waals surface area contributed by atoms with Gasteiger partial charge in [0.25, 0.3) is 0 Å². The Kier molecular flexibility index (Phi) is 8.70. The van der Waals surface area contributed by atoms with Crippen molar-refractivity contribution in [2.75, 3.05) is 37.0 Å². The first kappa shape index (κ1) is 32.6. The van der Waals surface area contributed by atoms with Gasteiger partial charge in [-0.25, -0.2) is 9.18 Å². The number of hydrogen-bond acceptors (Lipinski definition) is 8. The number of benzene rings is 2. The topological polar surface area (TPSA) is 101 Å². The average Bonchev–Trinajstić information content (AvgIpc) is 3.33. The maximum atomic E-state index is 16.8. The summed E-state index contributed by atoms with van der Waals surface area (Å²) in [5.74, 6) is -0.287. The molecular weight excluding hydrogens is 658 g/mol. The summed E-state index contributed by atoms with van der Waals surface area (Å²) in [5, 5.41) is 2.51. The molecule has 48 heavy (non-hydrogen) atoms. The van der Waals surface area contributed by atoms with Gasteiger partial charge in [-0.3, -0.25) is 14.7 Å². The fourth-order valence-corrected chi connectivity index (χ4v) is 7.59. The first-order chi connectivity index (χ1) is 23.0. The number of aromatic nitrogens is 3. The summed E-state index contributed by atoms with van der Waals surface area (Å²) in [6, 6.07) is 11.0. The van der Waals surface area contributed by atoms with Gasteiger partial charge in [-0.05, 0) is 45.1 Å². The summed E-state index contributed by atoms with van der Waals surface area (Å²) in [6.45, 7) is 7.55. The monoisotopic (exact) mass is 694 g/mol. The van der Waals surface area contributed by atoms with Crippen LogP contribution in [0.1, 0.15) is 46.5 Å². The summed E-state index contributed by atoms with van der Waals surface area (Å²) in [5.41, 5.74) is 0.159. The smallest absolute Gasteiger partial charge is 0.410 e. The lowest BCUT2D eigenvalue weighted by Gasteiger charge is -2.42. The molecule has 4 aromatic rings. The molecule has 2 unspecified atom stereocenters. The molecule has 3 aliphatic heterocycles. The highest BCUT2D eigenvalue weighted by atomic mass is 35.5. The van der Waals surface area contributed by atoms with Crippen molar-refractivity contribution in [1.82, 2.24) is 24.8 Å². The standard InChI is InChI=1S/C35H37Cl2FN6O4/c1-35(2,3)48-34(46)44-21-10-11-22(44)19-43(18-21)32-25-17-39-30(24-8-4-6-20-7-5-9-26(37)28(20)24)29(38)31(25)40-33(41-32)47-23-12-14-42(15-13-23)27(45)16-36/h4-9,17,21-23H,10-16,18-19H2,1-3H3. The second kappa shape index (κ2) is 12.8. The molecule has 3 fully saturated rings. The molecule has 2 aromatic heterocycles. The third-order valence-electron chi connectivity index (χ3n) is 9.32. The van der Waals surface area contributed by atoms with Crippen molar-refractivity contribution in [1.29, 1.82) is 0 Å². The summed E-state index contributed by atoms with van der Waals surface area (Å²) in [6.07, 6.45) is 3.80. The fourth-order valence-electron chi connectivity index (χ4n) is 7.14. The van der Waals surface area contributed by atoms with E-state index >= 15 is 4.39 Å². The molecule has 2 amide bonds. The van der Waals surface area contributed by atoms with Crippen LogP contribution >= 0.6 is 23.2 Å². The van der Waals surface area contributed by atoms with Gasteiger partial charge in [0, 0.05) is 61.2 Å². The fraction of sp³-hybridized carbons (Fsp3) is 0.457. The zero-order valence-corrected chi connectivity index (χ0v) is 28.6. The number of rotatable bonds is 5. The minimum Gasteiger partial charge on any atom is -0.460 e. The van der Waals surface area contributed by atoms with Crippen LogP contribution in [-0.4, -0.2) is 92.6 Å². The number of carbonyl (C=O) groups is 2. The van der Waals surface area contributed by atoms with Gasteiger partial charge in [0.1, 0.15) is 34.6 Å². The number of alkyl halides is 1. The number of ether oxygens (including phenoxy) is 2. The molecule has 2 bridgehead atoms. The lowest BCUT2D eigenvalue weighted by atomic mass is 10.0. The number of piperazine rings is 1. The molecule has 2 atom stereocenters. The van der Waals surface area contributed by atoms with Crippen molar-refractivity contribution in [3.63, 3.8) is 0 Å². The third-order valence-corrected chi connectivity index (χ3v) is 9.86. The number of piperidine rings is 1. The van der Waals surface area contributed by atoms with E-state index in [9.17, 15) is 9.59 Å². The lowest BCUT2D eigenvalue weighted by molar-refractivity contribution is -0.130. The molecule has 7 rings (SSSR count). The summed E-state index contributed by atoms with van der Waals surface area (Å²) in [4.78, 5) is 45.0. The molecule has 13 heteroatoms. The third kappa shape index (κ3) is 6.18. The van der Waals surface area contributed by atoms with Crippen LogP contribution in [0.5, 0.6) is 6.01 Å². The Bertz CT molecular complexity index is 1880. The van der Waals surface area contributed by atoms with E-state index < -0.39 is 11.4 Å². The lowest BCUT2D eigenvalue weighted by Crippen LogP contribution is -2.57. The van der Waals surface area contributed by atoms with E-state index in [0.29, 0.717) is 66.2 Å². The normalized spacial score (nSPS) is 20.1. The quantitative estimate of drug-likeness (QED) is 0.210. The molecule has 10 nitrogen and oxygen atoms in total. The number of halogens is 3. The number of hydrogen-bond donors (Lipinski definition) is 0. The van der Waals surface area contributed by atoms with Gasteiger partial charge < -0.3 is 19.3 Å². The van der Waals surface area contributed by atoms with Crippen LogP contribution in [-0.2, 0) is 9.53 Å². The molecule has 5 heterocycles. The summed E-state index contributed by atoms with van der Waals surface area (Å²) < 4.78 is 28.8. The van der Waals surface area contributed by atoms with E-state index in [2.05, 4.69) is 14.9 Å². The van der Waals surface area contributed by atoms with Crippen LogP contribution in [0.15, 0.2) is 42.6 Å². The molecule has 0 spiro atoms. The van der Waals surface area contributed by atoms with Gasteiger partial charge in [0.15, 0.2) is 5.82 Å². The Hall–Kier alpha value is -3.96. The highest BCUT2D eigenvalue weighted by Gasteiger charge is 2.45. The van der Waals surface area contributed by atoms with Gasteiger partial charge in [0.05, 0.1) is 17.5 Å². The second-order valence-electron chi connectivity index (χ2n) is 13.7. The van der Waals surface area contributed by atoms with Crippen molar-refractivity contribution in [3.8, 4) is 17.3 Å². The van der Waals surface area contributed by atoms with E-state index in [0.717, 1.165) is 18.2 Å². The number of pyridine rings is 1. The molecule has 3 saturated heterocycles. The Morgan fingerprint density at radius 2 is 1.69 bits per heavy atom. The Morgan fingerprint density at radius 3 is 2.35 bits per heavy atom. The number of fused-ring (bicyclic) bond motifs is 4. The summed E-state index contributed by atoms with van der Waals surface area (Å²) in [7, 11) is 0. The molecule has 2 aromatic carbocycles. The minimum absolute atomic E-state index is 0.0496. The molecule has 0 N–H and O–H groups in total. The molecule has 0 radical (unpaired) electrons. The first-order valence-electron chi connectivity index (χ1n) is 16.3. The predicted molar refractivity (Wildman–Crippen MR) is 183 cm³/mol. The largest absolute Gasteiger partial charge is 0.460 e. The molecule has 252 valence electrons. The van der Waals surface area contributed by atoms with Crippen LogP contribution in [0.25, 0.3) is 32.9 Å². The minimum atomic E-state index is -0.606. The van der Waals surface area contributed by atoms with Crippen molar-refractivity contribution in [2.45, 2.75) is 70.2 Å². The zero-order chi connectivity index (χ0) is 33.7. The van der Waals surface area contributed by atoms with E-state index in [4.69, 9.17) is 37.7 Å². The second-order valence-corrected chi connectivity index (χ2v) is 14.3. The van der Waals surface area contributed by atoms with Crippen molar-refractivity contribution < 1.29 is 23.5 Å². The number of likely N-dealkylation sites (tertiary alicyclic amines) is 1. The van der Waals surface area contributed by atoms with E-state index in [-0.39, 0.29) is 53.3 Å². The van der Waals surface area contributed by atoms with Crippen molar-refractivity contribution in [2.24, 2.45) is 0 Å². The summed E-state index contributed by atoms with van der Waals surface area (Å²) >= 11 is 12.4. The van der Waals surface area contributed by atoms with Gasteiger partial charge >= 0.3 is 12.1 Å². The van der Waals surface area contributed by atoms with Crippen LogP contribution in [0.3, 0.4) is 0 Å². The van der Waals surface area contributed by atoms with Gasteiger partial charge in [0.2, 0.25) is 5.91 Å². The molecule has 3 aliphatic rings. The number of amides is 2. The molecular formula is C35H37Cl2FN6O4. The van der Waals surface area contributed by atoms with Crippen molar-refractivity contribution >= 4 is 62.7 Å². The maximum Gasteiger partial charge on any atom is 0.410 e. The number of anilines is 1. The van der Waals surface area contributed by atoms with E-state index in [1.165, 1.54) is 0 Å². The van der Waals surface area contributed by atoms with Crippen LogP contribution in [0, 0.1) is 5.82 Å². The van der Waals surface area contributed by atoms with E-state index in [1.54, 1.807) is 23.2 Å². The Labute approximate surface area is 288 Å². The van der Waals surface area contributed by atoms with Gasteiger partial charge in [-0.2, -0.15) is 9.97 Å². The molecule has 0 saturated carbocycles. The Morgan fingerprint density at radius 1 is 1.00 bits per heavy atom. The first-order valence-corrected chi connectivity index (χ1v) is 17.2. The van der Waals surface area contributed by atoms with Crippen LogP contribution < -0.4 is 9.64 Å². The van der Waals surface area contributed by atoms with Gasteiger partial charge in [-0.1, -0.05) is 41.9 Å². The highest BCUT2D eigenvalue weighted by Crippen LogP contribution is 2.40. The average molecular weight is 696 g/mol. The number of carbonyl (C=O) groups excluding carboxylic acids is 2. The predicted octanol–water partition coefficient (Wildman–Crippen LogP) is 6.83. The SMILES string of the molecule is CC(C)(C)OC(=O)N1C2CCC1CN(c1nc(OC3CCN(C(=O)CCl)CC3)nc3c(F)c(-c4cccc5cccc(Cl)c45)ncc13)C2. The zero-order valence-electron chi connectivity index (χ0n) is 27.1. The van der Waals surface area contributed by atoms with Crippen LogP contribution in [0.4, 0.5) is 15.0 Å². The Balaban J connectivity index is 1.27. The van der Waals surface area contributed by atoms with Crippen LogP contribution in [0.2, 0.25) is 5.02 Å². The maximum absolute atomic E-state index is 16.8. The number of nitrogens with zero attached hydrogens (tertiary/aromatic N) is 6. The van der Waals surface area contributed by atoms with E-state index in [1.807, 2.05) is 49.9 Å². The highest BCUT2D eigenvalue weighted by molar-refractivity contribution is 6.36. The van der Waals surface area contributed by atoms with Gasteiger partial charge in [-0.15, -0.1) is 11.6 Å². The van der Waals surface area contributed by atoms with Crippen molar-refractivity contribution in [3.05, 3.63) is 53.4 Å². The molecule has 0 aliphatic carbocycles.